The number of likely N-dealkylation sites (tertiary alicyclic amines) is 1. The van der Waals surface area contributed by atoms with Crippen LogP contribution in [0.15, 0.2) is 0 Å². The Labute approximate surface area is 119 Å². The third-order valence-corrected chi connectivity index (χ3v) is 5.13. The molecular formula is C16H32N2O. The summed E-state index contributed by atoms with van der Waals surface area (Å²) in [6.45, 7) is 12.7. The van der Waals surface area contributed by atoms with E-state index < -0.39 is 0 Å². The molecule has 2 fully saturated rings. The lowest BCUT2D eigenvalue weighted by Gasteiger charge is -2.44. The topological polar surface area (TPSA) is 24.5 Å². The molecule has 2 aliphatic heterocycles. The SMILES string of the molecule is CCNC(CC1CCOCC1)C(C)(C)N1CCCC1. The van der Waals surface area contributed by atoms with Crippen LogP contribution in [0.1, 0.15) is 52.9 Å². The van der Waals surface area contributed by atoms with E-state index in [0.29, 0.717) is 6.04 Å². The van der Waals surface area contributed by atoms with Gasteiger partial charge in [-0.05, 0) is 71.5 Å². The standard InChI is InChI=1S/C16H32N2O/c1-4-17-15(13-14-7-11-19-12-8-14)16(2,3)18-9-5-6-10-18/h14-15,17H,4-13H2,1-3H3. The van der Waals surface area contributed by atoms with E-state index >= 15 is 0 Å². The fraction of sp³-hybridized carbons (Fsp3) is 1.00. The maximum absolute atomic E-state index is 5.50. The van der Waals surface area contributed by atoms with Crippen molar-refractivity contribution in [3.63, 3.8) is 0 Å². The Morgan fingerprint density at radius 1 is 1.21 bits per heavy atom. The molecule has 2 heterocycles. The van der Waals surface area contributed by atoms with E-state index in [1.165, 1.54) is 45.2 Å². The molecule has 0 saturated carbocycles. The lowest BCUT2D eigenvalue weighted by Crippen LogP contribution is -2.57. The maximum Gasteiger partial charge on any atom is 0.0468 e. The average molecular weight is 268 g/mol. The molecule has 1 atom stereocenters. The molecule has 2 saturated heterocycles. The third kappa shape index (κ3) is 3.93. The number of likely N-dealkylation sites (N-methyl/N-ethyl adjacent to an activating group) is 1. The Hall–Kier alpha value is -0.120. The van der Waals surface area contributed by atoms with Crippen molar-refractivity contribution in [1.29, 1.82) is 0 Å². The zero-order valence-electron chi connectivity index (χ0n) is 13.1. The van der Waals surface area contributed by atoms with Crippen LogP contribution < -0.4 is 5.32 Å². The largest absolute Gasteiger partial charge is 0.381 e. The molecule has 0 spiro atoms. The minimum absolute atomic E-state index is 0.283. The summed E-state index contributed by atoms with van der Waals surface area (Å²) in [5.41, 5.74) is 0.283. The summed E-state index contributed by atoms with van der Waals surface area (Å²) in [6, 6.07) is 0.610. The average Bonchev–Trinajstić information content (AvgIpc) is 2.94. The minimum Gasteiger partial charge on any atom is -0.381 e. The number of rotatable bonds is 6. The maximum atomic E-state index is 5.50. The smallest absolute Gasteiger partial charge is 0.0468 e. The molecule has 0 aliphatic carbocycles. The summed E-state index contributed by atoms with van der Waals surface area (Å²) in [5.74, 6) is 0.847. The predicted molar refractivity (Wildman–Crippen MR) is 80.5 cm³/mol. The van der Waals surface area contributed by atoms with Crippen LogP contribution >= 0.6 is 0 Å². The van der Waals surface area contributed by atoms with Gasteiger partial charge in [0, 0.05) is 24.8 Å². The van der Waals surface area contributed by atoms with Crippen LogP contribution in [0.5, 0.6) is 0 Å². The molecule has 3 heteroatoms. The van der Waals surface area contributed by atoms with Gasteiger partial charge in [-0.3, -0.25) is 4.90 Å². The van der Waals surface area contributed by atoms with Crippen molar-refractivity contribution in [2.24, 2.45) is 5.92 Å². The summed E-state index contributed by atoms with van der Waals surface area (Å²) in [6.07, 6.45) is 6.55. The second-order valence-electron chi connectivity index (χ2n) is 6.75. The van der Waals surface area contributed by atoms with Gasteiger partial charge in [-0.25, -0.2) is 0 Å². The normalized spacial score (nSPS) is 24.8. The summed E-state index contributed by atoms with van der Waals surface area (Å²) >= 11 is 0. The number of ether oxygens (including phenoxy) is 1. The first kappa shape index (κ1) is 15.3. The molecule has 0 radical (unpaired) electrons. The van der Waals surface area contributed by atoms with Gasteiger partial charge in [-0.1, -0.05) is 6.92 Å². The van der Waals surface area contributed by atoms with E-state index in [2.05, 4.69) is 31.0 Å². The lowest BCUT2D eigenvalue weighted by molar-refractivity contribution is 0.0428. The van der Waals surface area contributed by atoms with Crippen molar-refractivity contribution < 1.29 is 4.74 Å². The first-order valence-corrected chi connectivity index (χ1v) is 8.20. The van der Waals surface area contributed by atoms with Gasteiger partial charge in [0.15, 0.2) is 0 Å². The van der Waals surface area contributed by atoms with Gasteiger partial charge in [0.25, 0.3) is 0 Å². The van der Waals surface area contributed by atoms with Gasteiger partial charge < -0.3 is 10.1 Å². The molecule has 112 valence electrons. The van der Waals surface area contributed by atoms with Crippen molar-refractivity contribution in [1.82, 2.24) is 10.2 Å². The molecule has 1 N–H and O–H groups in total. The van der Waals surface area contributed by atoms with E-state index in [1.54, 1.807) is 0 Å². The van der Waals surface area contributed by atoms with Crippen LogP contribution in [0.3, 0.4) is 0 Å². The van der Waals surface area contributed by atoms with Crippen molar-refractivity contribution in [3.05, 3.63) is 0 Å². The number of nitrogens with one attached hydrogen (secondary N) is 1. The number of hydrogen-bond donors (Lipinski definition) is 1. The summed E-state index contributed by atoms with van der Waals surface area (Å²) in [4.78, 5) is 2.69. The molecule has 0 aromatic heterocycles. The van der Waals surface area contributed by atoms with Crippen molar-refractivity contribution in [3.8, 4) is 0 Å². The Morgan fingerprint density at radius 3 is 2.42 bits per heavy atom. The zero-order chi connectivity index (χ0) is 13.7. The van der Waals surface area contributed by atoms with Crippen LogP contribution in [0.2, 0.25) is 0 Å². The van der Waals surface area contributed by atoms with Gasteiger partial charge in [0.1, 0.15) is 0 Å². The minimum atomic E-state index is 0.283. The molecule has 0 amide bonds. The van der Waals surface area contributed by atoms with Crippen molar-refractivity contribution in [2.45, 2.75) is 64.5 Å². The van der Waals surface area contributed by atoms with E-state index in [9.17, 15) is 0 Å². The first-order valence-electron chi connectivity index (χ1n) is 8.20. The molecule has 19 heavy (non-hydrogen) atoms. The van der Waals surface area contributed by atoms with E-state index in [4.69, 9.17) is 4.74 Å². The summed E-state index contributed by atoms with van der Waals surface area (Å²) in [5, 5.41) is 3.76. The van der Waals surface area contributed by atoms with Crippen LogP contribution in [0.4, 0.5) is 0 Å². The third-order valence-electron chi connectivity index (χ3n) is 5.13. The van der Waals surface area contributed by atoms with Crippen molar-refractivity contribution in [2.75, 3.05) is 32.8 Å². The van der Waals surface area contributed by atoms with Gasteiger partial charge >= 0.3 is 0 Å². The monoisotopic (exact) mass is 268 g/mol. The molecule has 0 aromatic rings. The van der Waals surface area contributed by atoms with Gasteiger partial charge in [-0.2, -0.15) is 0 Å². The molecule has 0 bridgehead atoms. The first-order chi connectivity index (χ1) is 9.14. The second-order valence-corrected chi connectivity index (χ2v) is 6.75. The fourth-order valence-corrected chi connectivity index (χ4v) is 3.70. The van der Waals surface area contributed by atoms with E-state index in [-0.39, 0.29) is 5.54 Å². The highest BCUT2D eigenvalue weighted by Crippen LogP contribution is 2.30. The van der Waals surface area contributed by atoms with Crippen LogP contribution in [-0.2, 0) is 4.74 Å². The Kier molecular flexibility index (Phi) is 5.67. The molecule has 3 nitrogen and oxygen atoms in total. The Morgan fingerprint density at radius 2 is 1.84 bits per heavy atom. The highest BCUT2D eigenvalue weighted by Gasteiger charge is 2.37. The van der Waals surface area contributed by atoms with Crippen LogP contribution in [0, 0.1) is 5.92 Å². The highest BCUT2D eigenvalue weighted by molar-refractivity contribution is 4.96. The lowest BCUT2D eigenvalue weighted by atomic mass is 9.82. The van der Waals surface area contributed by atoms with Gasteiger partial charge in [0.2, 0.25) is 0 Å². The van der Waals surface area contributed by atoms with E-state index in [1.807, 2.05) is 0 Å². The Balaban J connectivity index is 1.96. The fourth-order valence-electron chi connectivity index (χ4n) is 3.70. The summed E-state index contributed by atoms with van der Waals surface area (Å²) < 4.78 is 5.50. The molecule has 2 aliphatic rings. The predicted octanol–water partition coefficient (Wildman–Crippen LogP) is 2.66. The quantitative estimate of drug-likeness (QED) is 0.801. The second kappa shape index (κ2) is 7.05. The highest BCUT2D eigenvalue weighted by atomic mass is 16.5. The van der Waals surface area contributed by atoms with E-state index in [0.717, 1.165) is 25.7 Å². The zero-order valence-corrected chi connectivity index (χ0v) is 13.1. The summed E-state index contributed by atoms with van der Waals surface area (Å²) in [7, 11) is 0. The van der Waals surface area contributed by atoms with Crippen LogP contribution in [-0.4, -0.2) is 49.3 Å². The molecule has 2 rings (SSSR count). The van der Waals surface area contributed by atoms with Crippen LogP contribution in [0.25, 0.3) is 0 Å². The van der Waals surface area contributed by atoms with Crippen molar-refractivity contribution >= 4 is 0 Å². The van der Waals surface area contributed by atoms with Gasteiger partial charge in [0.05, 0.1) is 0 Å². The number of hydrogen-bond acceptors (Lipinski definition) is 3. The molecule has 1 unspecified atom stereocenters. The number of nitrogens with zero attached hydrogens (tertiary/aromatic N) is 1. The van der Waals surface area contributed by atoms with Gasteiger partial charge in [-0.15, -0.1) is 0 Å². The molecule has 0 aromatic carbocycles. The molecular weight excluding hydrogens is 236 g/mol. The Bertz CT molecular complexity index is 255.